The van der Waals surface area contributed by atoms with Crippen LogP contribution in [0, 0.1) is 0 Å². The minimum Gasteiger partial charge on any atom is -0.480 e. The standard InChI is InChI=1S/C13H23NO3/c1-11(2)9-13(10(15)16,12(3,4)17-11)14-7-5-6-8-14/h5-9H2,1-4H3,(H,15,16). The first kappa shape index (κ1) is 12.8. The Balaban J connectivity index is 2.43. The molecule has 1 N–H and O–H groups in total. The maximum absolute atomic E-state index is 11.9. The van der Waals surface area contributed by atoms with Crippen LogP contribution in [0.1, 0.15) is 47.0 Å². The number of hydrogen-bond acceptors (Lipinski definition) is 3. The fraction of sp³-hybridized carbons (Fsp3) is 0.923. The van der Waals surface area contributed by atoms with E-state index in [9.17, 15) is 9.90 Å². The molecule has 0 bridgehead atoms. The normalized spacial score (nSPS) is 36.2. The second-order valence-corrected chi connectivity index (χ2v) is 6.41. The van der Waals surface area contributed by atoms with E-state index >= 15 is 0 Å². The van der Waals surface area contributed by atoms with Crippen molar-refractivity contribution in [3.63, 3.8) is 0 Å². The molecular formula is C13H23NO3. The summed E-state index contributed by atoms with van der Waals surface area (Å²) in [6.07, 6.45) is 2.74. The first-order valence-corrected chi connectivity index (χ1v) is 6.40. The lowest BCUT2D eigenvalue weighted by Crippen LogP contribution is -2.63. The van der Waals surface area contributed by atoms with E-state index in [-0.39, 0.29) is 5.60 Å². The molecule has 0 saturated carbocycles. The predicted molar refractivity (Wildman–Crippen MR) is 65.0 cm³/mol. The minimum atomic E-state index is -0.868. The fourth-order valence-electron chi connectivity index (χ4n) is 3.70. The average Bonchev–Trinajstić information content (AvgIpc) is 2.68. The predicted octanol–water partition coefficient (Wildman–Crippen LogP) is 1.88. The van der Waals surface area contributed by atoms with Gasteiger partial charge < -0.3 is 9.84 Å². The zero-order valence-corrected chi connectivity index (χ0v) is 11.2. The Bertz CT molecular complexity index is 332. The highest BCUT2D eigenvalue weighted by molar-refractivity contribution is 5.81. The smallest absolute Gasteiger partial charge is 0.327 e. The summed E-state index contributed by atoms with van der Waals surface area (Å²) in [6.45, 7) is 9.53. The van der Waals surface area contributed by atoms with Crippen LogP contribution < -0.4 is 0 Å². The van der Waals surface area contributed by atoms with E-state index in [1.165, 1.54) is 0 Å². The molecular weight excluding hydrogens is 218 g/mol. The first-order valence-electron chi connectivity index (χ1n) is 6.40. The summed E-state index contributed by atoms with van der Waals surface area (Å²) in [4.78, 5) is 14.0. The van der Waals surface area contributed by atoms with Gasteiger partial charge in [-0.25, -0.2) is 0 Å². The van der Waals surface area contributed by atoms with Gasteiger partial charge >= 0.3 is 5.97 Å². The molecule has 2 aliphatic heterocycles. The van der Waals surface area contributed by atoms with E-state index in [1.807, 2.05) is 27.7 Å². The Labute approximate surface area is 103 Å². The lowest BCUT2D eigenvalue weighted by Gasteiger charge is -2.42. The molecule has 0 spiro atoms. The molecule has 17 heavy (non-hydrogen) atoms. The SMILES string of the molecule is CC1(C)CC(C(=O)O)(N2CCCC2)C(C)(C)O1. The van der Waals surface area contributed by atoms with Crippen LogP contribution in [-0.4, -0.2) is 45.8 Å². The van der Waals surface area contributed by atoms with E-state index in [0.29, 0.717) is 6.42 Å². The van der Waals surface area contributed by atoms with Crippen LogP contribution in [0.15, 0.2) is 0 Å². The summed E-state index contributed by atoms with van der Waals surface area (Å²) in [5.74, 6) is -0.741. The summed E-state index contributed by atoms with van der Waals surface area (Å²) in [7, 11) is 0. The van der Waals surface area contributed by atoms with Crippen LogP contribution >= 0.6 is 0 Å². The Morgan fingerprint density at radius 3 is 2.06 bits per heavy atom. The van der Waals surface area contributed by atoms with Crippen molar-refractivity contribution in [3.05, 3.63) is 0 Å². The van der Waals surface area contributed by atoms with Crippen molar-refractivity contribution in [2.24, 2.45) is 0 Å². The number of ether oxygens (including phenoxy) is 1. The van der Waals surface area contributed by atoms with Crippen molar-refractivity contribution in [3.8, 4) is 0 Å². The number of likely N-dealkylation sites (tertiary alicyclic amines) is 1. The second-order valence-electron chi connectivity index (χ2n) is 6.41. The van der Waals surface area contributed by atoms with E-state index in [4.69, 9.17) is 4.74 Å². The van der Waals surface area contributed by atoms with Crippen LogP contribution in [0.25, 0.3) is 0 Å². The highest BCUT2D eigenvalue weighted by atomic mass is 16.5. The van der Waals surface area contributed by atoms with Gasteiger partial charge in [0.05, 0.1) is 11.2 Å². The number of hydrogen-bond donors (Lipinski definition) is 1. The molecule has 2 saturated heterocycles. The van der Waals surface area contributed by atoms with Gasteiger partial charge in [0.15, 0.2) is 5.54 Å². The number of carboxylic acids is 1. The molecule has 2 heterocycles. The molecule has 0 aromatic carbocycles. The van der Waals surface area contributed by atoms with E-state index in [2.05, 4.69) is 4.90 Å². The average molecular weight is 241 g/mol. The molecule has 0 aromatic rings. The second kappa shape index (κ2) is 3.69. The molecule has 1 atom stereocenters. The van der Waals surface area contributed by atoms with E-state index in [1.54, 1.807) is 0 Å². The summed E-state index contributed by atoms with van der Waals surface area (Å²) in [5, 5.41) is 9.77. The van der Waals surface area contributed by atoms with E-state index in [0.717, 1.165) is 25.9 Å². The molecule has 98 valence electrons. The minimum absolute atomic E-state index is 0.371. The third kappa shape index (κ3) is 1.78. The molecule has 2 fully saturated rings. The van der Waals surface area contributed by atoms with Gasteiger partial charge in [0.25, 0.3) is 0 Å². The Morgan fingerprint density at radius 2 is 1.71 bits per heavy atom. The van der Waals surface area contributed by atoms with Gasteiger partial charge in [-0.05, 0) is 53.6 Å². The molecule has 0 aliphatic carbocycles. The van der Waals surface area contributed by atoms with E-state index < -0.39 is 17.1 Å². The lowest BCUT2D eigenvalue weighted by atomic mass is 9.77. The zero-order chi connectivity index (χ0) is 12.9. The molecule has 4 heteroatoms. The van der Waals surface area contributed by atoms with Gasteiger partial charge in [0.2, 0.25) is 0 Å². The van der Waals surface area contributed by atoms with Crippen molar-refractivity contribution >= 4 is 5.97 Å². The van der Waals surface area contributed by atoms with Crippen LogP contribution in [-0.2, 0) is 9.53 Å². The molecule has 2 aliphatic rings. The number of carbonyl (C=O) groups is 1. The molecule has 0 aromatic heterocycles. The number of aliphatic carboxylic acids is 1. The third-order valence-electron chi connectivity index (χ3n) is 4.21. The van der Waals surface area contributed by atoms with Gasteiger partial charge in [0, 0.05) is 6.42 Å². The Morgan fingerprint density at radius 1 is 1.18 bits per heavy atom. The molecule has 1 unspecified atom stereocenters. The molecule has 0 radical (unpaired) electrons. The largest absolute Gasteiger partial charge is 0.480 e. The van der Waals surface area contributed by atoms with Gasteiger partial charge in [0.1, 0.15) is 0 Å². The molecule has 0 amide bonds. The highest BCUT2D eigenvalue weighted by Gasteiger charge is 2.65. The van der Waals surface area contributed by atoms with Crippen molar-refractivity contribution < 1.29 is 14.6 Å². The maximum atomic E-state index is 11.9. The monoisotopic (exact) mass is 241 g/mol. The lowest BCUT2D eigenvalue weighted by molar-refractivity contribution is -0.164. The van der Waals surface area contributed by atoms with Gasteiger partial charge in [-0.15, -0.1) is 0 Å². The van der Waals surface area contributed by atoms with Crippen LogP contribution in [0.5, 0.6) is 0 Å². The van der Waals surface area contributed by atoms with Crippen molar-refractivity contribution in [1.29, 1.82) is 0 Å². The van der Waals surface area contributed by atoms with Crippen molar-refractivity contribution in [2.75, 3.05) is 13.1 Å². The summed E-state index contributed by atoms with van der Waals surface area (Å²) in [6, 6.07) is 0. The first-order chi connectivity index (χ1) is 7.71. The third-order valence-corrected chi connectivity index (χ3v) is 4.21. The molecule has 2 rings (SSSR count). The number of nitrogens with zero attached hydrogens (tertiary/aromatic N) is 1. The number of rotatable bonds is 2. The topological polar surface area (TPSA) is 49.8 Å². The maximum Gasteiger partial charge on any atom is 0.327 e. The summed E-state index contributed by atoms with van der Waals surface area (Å²) < 4.78 is 6.00. The zero-order valence-electron chi connectivity index (χ0n) is 11.2. The van der Waals surface area contributed by atoms with Crippen LogP contribution in [0.2, 0.25) is 0 Å². The number of carboxylic acid groups (broad SMARTS) is 1. The molecule has 4 nitrogen and oxygen atoms in total. The van der Waals surface area contributed by atoms with Gasteiger partial charge in [-0.2, -0.15) is 0 Å². The van der Waals surface area contributed by atoms with Crippen molar-refractivity contribution in [2.45, 2.75) is 63.7 Å². The van der Waals surface area contributed by atoms with Crippen molar-refractivity contribution in [1.82, 2.24) is 4.90 Å². The summed E-state index contributed by atoms with van der Waals surface area (Å²) >= 11 is 0. The van der Waals surface area contributed by atoms with Crippen LogP contribution in [0.3, 0.4) is 0 Å². The van der Waals surface area contributed by atoms with Gasteiger partial charge in [-0.3, -0.25) is 9.69 Å². The Kier molecular flexibility index (Phi) is 2.79. The van der Waals surface area contributed by atoms with Crippen LogP contribution in [0.4, 0.5) is 0 Å². The van der Waals surface area contributed by atoms with Gasteiger partial charge in [-0.1, -0.05) is 0 Å². The highest BCUT2D eigenvalue weighted by Crippen LogP contribution is 2.49. The fourth-order valence-corrected chi connectivity index (χ4v) is 3.70. The Hall–Kier alpha value is -0.610. The summed E-state index contributed by atoms with van der Waals surface area (Å²) in [5.41, 5.74) is -1.88. The quantitative estimate of drug-likeness (QED) is 0.802.